The number of rotatable bonds is 5. The molecule has 1 aromatic rings. The Morgan fingerprint density at radius 3 is 2.86 bits per heavy atom. The van der Waals surface area contributed by atoms with Gasteiger partial charge in [0.25, 0.3) is 5.91 Å². The number of ether oxygens (including phenoxy) is 1. The van der Waals surface area contributed by atoms with Gasteiger partial charge in [-0.3, -0.25) is 14.4 Å². The van der Waals surface area contributed by atoms with Crippen LogP contribution in [0.3, 0.4) is 0 Å². The van der Waals surface area contributed by atoms with Gasteiger partial charge in [0.15, 0.2) is 11.6 Å². The summed E-state index contributed by atoms with van der Waals surface area (Å²) in [4.78, 5) is 43.8. The number of carbonyl (C=O) groups excluding carboxylic acids is 3. The molecule has 3 amide bonds. The number of nitrogens with two attached hydrogens (primary N) is 1. The molecule has 3 heterocycles. The minimum absolute atomic E-state index is 0.0209. The highest BCUT2D eigenvalue weighted by Crippen LogP contribution is 2.40. The number of hydrogen-bond donors (Lipinski definition) is 3. The fourth-order valence-electron chi connectivity index (χ4n) is 4.02. The summed E-state index contributed by atoms with van der Waals surface area (Å²) in [6.45, 7) is 1.79. The van der Waals surface area contributed by atoms with Crippen LogP contribution in [0, 0.1) is 12.8 Å². The maximum Gasteiger partial charge on any atom is 0.271 e. The molecule has 0 bridgehead atoms. The fraction of sp³-hybridized carbons (Fsp3) is 0.579. The van der Waals surface area contributed by atoms with Crippen molar-refractivity contribution in [1.29, 1.82) is 0 Å². The van der Waals surface area contributed by atoms with Gasteiger partial charge in [-0.15, -0.1) is 0 Å². The van der Waals surface area contributed by atoms with E-state index in [1.807, 2.05) is 6.92 Å². The molecule has 3 atom stereocenters. The standard InChI is InChI=1S/C19H25N5O4/c1-10-3-6-14-16(22-10)23-18(27)19(28-14)8-13(15(20)25)24(9-19)17(26)12(21-2)7-11-4-5-11/h3,6,11-13,21H,4-5,7-9H2,1-2H3,(H2,20,25)(H,22,23,27)/t12-,13-,19+/m0/s1. The van der Waals surface area contributed by atoms with Gasteiger partial charge in [0.2, 0.25) is 17.4 Å². The van der Waals surface area contributed by atoms with Crippen molar-refractivity contribution in [3.63, 3.8) is 0 Å². The van der Waals surface area contributed by atoms with Gasteiger partial charge in [-0.05, 0) is 38.4 Å². The van der Waals surface area contributed by atoms with Gasteiger partial charge in [0, 0.05) is 12.1 Å². The van der Waals surface area contributed by atoms with Crippen molar-refractivity contribution in [3.05, 3.63) is 17.8 Å². The second kappa shape index (κ2) is 6.73. The molecule has 150 valence electrons. The van der Waals surface area contributed by atoms with Crippen molar-refractivity contribution < 1.29 is 19.1 Å². The number of aromatic nitrogens is 1. The van der Waals surface area contributed by atoms with Crippen LogP contribution in [0.2, 0.25) is 0 Å². The smallest absolute Gasteiger partial charge is 0.271 e. The lowest BCUT2D eigenvalue weighted by Crippen LogP contribution is -2.55. The number of primary amides is 1. The van der Waals surface area contributed by atoms with Crippen molar-refractivity contribution in [2.75, 3.05) is 18.9 Å². The number of hydrogen-bond acceptors (Lipinski definition) is 6. The zero-order valence-electron chi connectivity index (χ0n) is 16.0. The second-order valence-electron chi connectivity index (χ2n) is 7.96. The minimum atomic E-state index is -1.35. The highest BCUT2D eigenvalue weighted by atomic mass is 16.5. The van der Waals surface area contributed by atoms with Crippen molar-refractivity contribution in [2.24, 2.45) is 11.7 Å². The second-order valence-corrected chi connectivity index (χ2v) is 7.96. The van der Waals surface area contributed by atoms with E-state index in [1.165, 1.54) is 4.90 Å². The van der Waals surface area contributed by atoms with Crippen molar-refractivity contribution in [2.45, 2.75) is 50.3 Å². The number of nitrogens with one attached hydrogen (secondary N) is 2. The molecule has 3 aliphatic rings. The van der Waals surface area contributed by atoms with Crippen molar-refractivity contribution in [3.8, 4) is 5.75 Å². The van der Waals surface area contributed by atoms with E-state index in [-0.39, 0.29) is 18.9 Å². The summed E-state index contributed by atoms with van der Waals surface area (Å²) in [5.74, 6) is 0.0158. The summed E-state index contributed by atoms with van der Waals surface area (Å²) in [5.41, 5.74) is 4.97. The molecular weight excluding hydrogens is 362 g/mol. The largest absolute Gasteiger partial charge is 0.472 e. The van der Waals surface area contributed by atoms with Gasteiger partial charge in [-0.1, -0.05) is 12.8 Å². The van der Waals surface area contributed by atoms with Crippen LogP contribution in [0.1, 0.15) is 31.4 Å². The molecule has 0 radical (unpaired) electrons. The normalized spacial score (nSPS) is 27.1. The molecule has 9 heteroatoms. The lowest BCUT2D eigenvalue weighted by Gasteiger charge is -2.34. The lowest BCUT2D eigenvalue weighted by molar-refractivity contribution is -0.140. The van der Waals surface area contributed by atoms with Crippen LogP contribution in [0.15, 0.2) is 12.1 Å². The van der Waals surface area contributed by atoms with Gasteiger partial charge in [0.05, 0.1) is 12.6 Å². The minimum Gasteiger partial charge on any atom is -0.472 e. The summed E-state index contributed by atoms with van der Waals surface area (Å²) in [7, 11) is 1.73. The number of fused-ring (bicyclic) bond motifs is 1. The molecule has 2 aliphatic heterocycles. The molecular formula is C19H25N5O4. The molecule has 4 rings (SSSR count). The third-order valence-electron chi connectivity index (χ3n) is 5.80. The summed E-state index contributed by atoms with van der Waals surface area (Å²) in [6, 6.07) is 2.20. The molecule has 9 nitrogen and oxygen atoms in total. The molecule has 2 fully saturated rings. The van der Waals surface area contributed by atoms with E-state index in [4.69, 9.17) is 10.5 Å². The summed E-state index contributed by atoms with van der Waals surface area (Å²) in [6.07, 6.45) is 2.96. The average Bonchev–Trinajstić information content (AvgIpc) is 3.39. The predicted molar refractivity (Wildman–Crippen MR) is 100 cm³/mol. The quantitative estimate of drug-likeness (QED) is 0.649. The topological polar surface area (TPSA) is 127 Å². The zero-order valence-corrected chi connectivity index (χ0v) is 16.0. The number of pyridine rings is 1. The molecule has 4 N–H and O–H groups in total. The van der Waals surface area contributed by atoms with Crippen molar-refractivity contribution >= 4 is 23.5 Å². The van der Waals surface area contributed by atoms with Crippen LogP contribution in [-0.2, 0) is 14.4 Å². The SMILES string of the molecule is CN[C@@H](CC1CC1)C(=O)N1C[C@@]2(C[C@H]1C(N)=O)Oc1ccc(C)nc1NC2=O. The number of aryl methyl sites for hydroxylation is 1. The van der Waals surface area contributed by atoms with E-state index in [2.05, 4.69) is 15.6 Å². The molecule has 1 aliphatic carbocycles. The molecule has 1 aromatic heterocycles. The highest BCUT2D eigenvalue weighted by molar-refractivity contribution is 6.02. The van der Waals surface area contributed by atoms with Crippen LogP contribution in [-0.4, -0.2) is 58.9 Å². The first-order chi connectivity index (χ1) is 13.3. The molecule has 0 aromatic carbocycles. The molecule has 28 heavy (non-hydrogen) atoms. The monoisotopic (exact) mass is 387 g/mol. The van der Waals surface area contributed by atoms with E-state index in [9.17, 15) is 14.4 Å². The Balaban J connectivity index is 1.61. The maximum atomic E-state index is 13.1. The lowest BCUT2D eigenvalue weighted by atomic mass is 9.97. The Bertz CT molecular complexity index is 840. The summed E-state index contributed by atoms with van der Waals surface area (Å²) in [5, 5.41) is 5.80. The number of carbonyl (C=O) groups is 3. The maximum absolute atomic E-state index is 13.1. The van der Waals surface area contributed by atoms with Gasteiger partial charge in [-0.25, -0.2) is 4.98 Å². The Morgan fingerprint density at radius 2 is 2.21 bits per heavy atom. The number of amides is 3. The van der Waals surface area contributed by atoms with Crippen LogP contribution in [0.25, 0.3) is 0 Å². The Labute approximate surface area is 163 Å². The van der Waals surface area contributed by atoms with E-state index < -0.39 is 29.5 Å². The third kappa shape index (κ3) is 3.19. The number of likely N-dealkylation sites (N-methyl/N-ethyl adjacent to an activating group) is 1. The predicted octanol–water partition coefficient (Wildman–Crippen LogP) is -0.0660. The number of likely N-dealkylation sites (tertiary alicyclic amines) is 1. The van der Waals surface area contributed by atoms with Crippen LogP contribution >= 0.6 is 0 Å². The van der Waals surface area contributed by atoms with Crippen molar-refractivity contribution in [1.82, 2.24) is 15.2 Å². The number of anilines is 1. The van der Waals surface area contributed by atoms with Gasteiger partial charge < -0.3 is 26.0 Å². The Hall–Kier alpha value is -2.68. The molecule has 1 saturated carbocycles. The average molecular weight is 387 g/mol. The van der Waals surface area contributed by atoms with E-state index >= 15 is 0 Å². The first-order valence-electron chi connectivity index (χ1n) is 9.58. The third-order valence-corrected chi connectivity index (χ3v) is 5.80. The first kappa shape index (κ1) is 18.7. The van der Waals surface area contributed by atoms with E-state index in [1.54, 1.807) is 19.2 Å². The molecule has 1 spiro atoms. The van der Waals surface area contributed by atoms with Crippen LogP contribution < -0.4 is 21.1 Å². The fourth-order valence-corrected chi connectivity index (χ4v) is 4.02. The Kier molecular flexibility index (Phi) is 4.49. The summed E-state index contributed by atoms with van der Waals surface area (Å²) >= 11 is 0. The molecule has 0 unspecified atom stereocenters. The first-order valence-corrected chi connectivity index (χ1v) is 9.58. The summed E-state index contributed by atoms with van der Waals surface area (Å²) < 4.78 is 6.02. The van der Waals surface area contributed by atoms with E-state index in [0.717, 1.165) is 18.5 Å². The number of nitrogens with zero attached hydrogens (tertiary/aromatic N) is 2. The van der Waals surface area contributed by atoms with Crippen LogP contribution in [0.5, 0.6) is 5.75 Å². The zero-order chi connectivity index (χ0) is 20.1. The van der Waals surface area contributed by atoms with Gasteiger partial charge in [-0.2, -0.15) is 0 Å². The van der Waals surface area contributed by atoms with Gasteiger partial charge >= 0.3 is 0 Å². The Morgan fingerprint density at radius 1 is 1.46 bits per heavy atom. The molecule has 1 saturated heterocycles. The highest BCUT2D eigenvalue weighted by Gasteiger charge is 2.57. The van der Waals surface area contributed by atoms with Gasteiger partial charge in [0.1, 0.15) is 6.04 Å². The van der Waals surface area contributed by atoms with Crippen LogP contribution in [0.4, 0.5) is 5.82 Å². The van der Waals surface area contributed by atoms with E-state index in [0.29, 0.717) is 23.9 Å².